The van der Waals surface area contributed by atoms with Gasteiger partial charge in [-0.2, -0.15) is 0 Å². The summed E-state index contributed by atoms with van der Waals surface area (Å²) in [5, 5.41) is 41.5. The largest absolute Gasteiger partial charge is 1.00 e. The van der Waals surface area contributed by atoms with Crippen LogP contribution < -0.4 is 50.8 Å². The van der Waals surface area contributed by atoms with Crippen molar-refractivity contribution < 1.29 is 87.9 Å². The van der Waals surface area contributed by atoms with Gasteiger partial charge in [0.1, 0.15) is 41.9 Å². The number of anilines is 1. The van der Waals surface area contributed by atoms with Gasteiger partial charge < -0.3 is 45.1 Å². The van der Waals surface area contributed by atoms with E-state index in [1.807, 2.05) is 0 Å². The maximum atomic E-state index is 13.5. The first-order chi connectivity index (χ1) is 24.0. The average molecular weight is 769 g/mol. The monoisotopic (exact) mass is 768 g/mol. The molecule has 1 unspecified atom stereocenters. The van der Waals surface area contributed by atoms with Crippen molar-refractivity contribution in [2.45, 2.75) is 49.7 Å². The van der Waals surface area contributed by atoms with E-state index in [4.69, 9.17) is 10.6 Å². The Morgan fingerprint density at radius 2 is 1.94 bits per heavy atom. The van der Waals surface area contributed by atoms with Crippen LogP contribution in [0.1, 0.15) is 32.4 Å². The fourth-order valence-corrected chi connectivity index (χ4v) is 8.77. The van der Waals surface area contributed by atoms with Gasteiger partial charge in [-0.05, 0) is 13.8 Å². The molecule has 6 rings (SSSR count). The smallest absolute Gasteiger partial charge is 0.546 e. The zero-order valence-corrected chi connectivity index (χ0v) is 32.0. The number of nitrogens with zero attached hydrogens (tertiary/aromatic N) is 6. The quantitative estimate of drug-likeness (QED) is 0.0499. The number of aliphatic carboxylic acids is 2. The second-order valence-corrected chi connectivity index (χ2v) is 15.2. The third kappa shape index (κ3) is 7.22. The molecular weight excluding hydrogens is 735 g/mol. The molecule has 4 atom stereocenters. The third-order valence-corrected chi connectivity index (χ3v) is 11.7. The number of amides is 3. The summed E-state index contributed by atoms with van der Waals surface area (Å²) in [6.07, 6.45) is 2.36. The van der Waals surface area contributed by atoms with E-state index in [0.29, 0.717) is 28.2 Å². The number of β-lactam (4-membered cyclic amide) rings is 1. The van der Waals surface area contributed by atoms with Crippen molar-refractivity contribution in [3.8, 4) is 0 Å². The number of carbonyl (C=O) groups excluding carboxylic acids is 7. The number of nitrogens with one attached hydrogen (secondary N) is 1. The zero-order valence-electron chi connectivity index (χ0n) is 28.4. The van der Waals surface area contributed by atoms with Crippen LogP contribution in [0.15, 0.2) is 33.6 Å². The van der Waals surface area contributed by atoms with Gasteiger partial charge in [0, 0.05) is 35.6 Å². The first kappa shape index (κ1) is 39.3. The molecule has 0 spiro atoms. The van der Waals surface area contributed by atoms with Crippen LogP contribution in [0.2, 0.25) is 0 Å². The second kappa shape index (κ2) is 14.9. The number of thioether (sulfide) groups is 1. The molecule has 0 radical (unpaired) electrons. The van der Waals surface area contributed by atoms with Gasteiger partial charge in [0.25, 0.3) is 17.7 Å². The van der Waals surface area contributed by atoms with Crippen LogP contribution in [-0.4, -0.2) is 145 Å². The predicted octanol–water partition coefficient (Wildman–Crippen LogP) is -7.07. The minimum Gasteiger partial charge on any atom is -0.546 e. The number of hydrogen-bond acceptors (Lipinski definition) is 17. The Balaban J connectivity index is 0.00000523. The van der Waals surface area contributed by atoms with Crippen molar-refractivity contribution in [1.82, 2.24) is 25.2 Å². The fourth-order valence-electron chi connectivity index (χ4n) is 6.89. The number of hydrogen-bond donors (Lipinski definition) is 3. The second-order valence-electron chi connectivity index (χ2n) is 13.2. The molecule has 19 nitrogen and oxygen atoms in total. The maximum absolute atomic E-state index is 13.5. The molecule has 0 saturated carbocycles. The van der Waals surface area contributed by atoms with Gasteiger partial charge in [0.2, 0.25) is 11.6 Å². The predicted molar refractivity (Wildman–Crippen MR) is 171 cm³/mol. The van der Waals surface area contributed by atoms with E-state index in [1.165, 1.54) is 22.0 Å². The first-order valence-corrected chi connectivity index (χ1v) is 17.7. The number of carboxylic acids is 2. The summed E-state index contributed by atoms with van der Waals surface area (Å²) in [5.74, 6) is -6.88. The summed E-state index contributed by atoms with van der Waals surface area (Å²) in [7, 11) is 0. The van der Waals surface area contributed by atoms with Crippen LogP contribution in [0, 0.1) is 0 Å². The number of rotatable bonds is 10. The number of aromatic nitrogens is 1. The van der Waals surface area contributed by atoms with Gasteiger partial charge in [0.15, 0.2) is 16.4 Å². The van der Waals surface area contributed by atoms with E-state index < -0.39 is 70.5 Å². The molecule has 5 aliphatic rings. The van der Waals surface area contributed by atoms with Crippen LogP contribution in [0.5, 0.6) is 0 Å². The SMILES string of the molecule is CC(C)(O/N=C(\C(=O)N[C@@H]1C(=O)N2C(C(=O)[O-])=C(C[N+]34CCC[C@H]3CN(C(=O)C3=CC(=O)C(=O)CN3O)CC4)CS[C@H]12)c1csc(N)n1)C(=O)[O-].[Na+]. The summed E-state index contributed by atoms with van der Waals surface area (Å²) in [6, 6.07) is -1.27. The Bertz CT molecular complexity index is 1850. The number of allylic oxidation sites excluding steroid dienone is 1. The molecule has 0 aliphatic carbocycles. The van der Waals surface area contributed by atoms with Gasteiger partial charge in [-0.25, -0.2) is 10.0 Å². The summed E-state index contributed by atoms with van der Waals surface area (Å²) in [6.45, 7) is 3.62. The van der Waals surface area contributed by atoms with Crippen molar-refractivity contribution in [2.75, 3.05) is 50.8 Å². The van der Waals surface area contributed by atoms with Crippen LogP contribution in [0.25, 0.3) is 0 Å². The molecule has 0 bridgehead atoms. The molecule has 4 N–H and O–H groups in total. The van der Waals surface area contributed by atoms with Crippen LogP contribution in [0.4, 0.5) is 5.13 Å². The fraction of sp³-hybridized carbons (Fsp3) is 0.500. The number of quaternary nitrogens is 1. The van der Waals surface area contributed by atoms with E-state index >= 15 is 0 Å². The number of piperazine rings is 1. The molecule has 0 aromatic carbocycles. The van der Waals surface area contributed by atoms with Crippen LogP contribution in [0.3, 0.4) is 0 Å². The standard InChI is InChI=1S/C30H34N8O11S2.Na/c1-30(2,28(46)47)49-34-20(16-13-51-29(31)32-16)23(41)33-21-25(43)37-22(27(44)45)14(12-50-26(21)37)11-38-6-3-4-15(38)9-35(5-7-38)24(42)17-8-18(39)19(40)10-36(17)48;/h8,13,15,21,26,48H,3-7,9-12H2,1-2H3,(H4-,31,32,33,41,44,45,46,47);/q;+1/p-1/b34-20-;/t15-,21+,26+,38?;/m0./s1. The van der Waals surface area contributed by atoms with Crippen molar-refractivity contribution in [1.29, 1.82) is 0 Å². The van der Waals surface area contributed by atoms with Crippen molar-refractivity contribution >= 4 is 75.2 Å². The molecule has 3 amide bonds. The van der Waals surface area contributed by atoms with E-state index in [9.17, 15) is 49.0 Å². The summed E-state index contributed by atoms with van der Waals surface area (Å²) >= 11 is 2.23. The van der Waals surface area contributed by atoms with Gasteiger partial charge in [-0.3, -0.25) is 34.1 Å². The summed E-state index contributed by atoms with van der Waals surface area (Å²) in [5.41, 5.74) is 3.20. The van der Waals surface area contributed by atoms with Crippen molar-refractivity contribution in [3.05, 3.63) is 34.1 Å². The van der Waals surface area contributed by atoms with Crippen molar-refractivity contribution in [3.63, 3.8) is 0 Å². The minimum absolute atomic E-state index is 0. The number of fused-ring (bicyclic) bond motifs is 2. The molecule has 5 aliphatic heterocycles. The number of nitrogens with two attached hydrogens (primary N) is 1. The molecule has 52 heavy (non-hydrogen) atoms. The molecule has 22 heteroatoms. The number of nitrogen functional groups attached to an aromatic ring is 1. The number of Topliss-reactive ketones (excluding diaryl/α,β-unsaturated/α-hetero) is 1. The summed E-state index contributed by atoms with van der Waals surface area (Å²) in [4.78, 5) is 99.3. The molecule has 3 fully saturated rings. The topological polar surface area (TPSA) is 268 Å². The Morgan fingerprint density at radius 1 is 1.21 bits per heavy atom. The zero-order chi connectivity index (χ0) is 37.0. The van der Waals surface area contributed by atoms with Gasteiger partial charge in [-0.15, -0.1) is 23.1 Å². The van der Waals surface area contributed by atoms with E-state index in [0.717, 1.165) is 49.0 Å². The molecule has 3 saturated heterocycles. The van der Waals surface area contributed by atoms with Gasteiger partial charge >= 0.3 is 29.6 Å². The number of carboxylic acid groups (broad SMARTS) is 2. The van der Waals surface area contributed by atoms with Gasteiger partial charge in [-0.1, -0.05) is 5.16 Å². The molecule has 6 heterocycles. The Kier molecular flexibility index (Phi) is 11.3. The van der Waals surface area contributed by atoms with E-state index in [-0.39, 0.29) is 83.2 Å². The minimum atomic E-state index is -1.92. The van der Waals surface area contributed by atoms with E-state index in [2.05, 4.69) is 15.5 Å². The average Bonchev–Trinajstić information content (AvgIpc) is 3.70. The Labute approximate surface area is 326 Å². The first-order valence-electron chi connectivity index (χ1n) is 15.8. The van der Waals surface area contributed by atoms with Crippen molar-refractivity contribution in [2.24, 2.45) is 5.16 Å². The Morgan fingerprint density at radius 3 is 2.60 bits per heavy atom. The number of hydroxylamine groups is 2. The van der Waals surface area contributed by atoms with Crippen LogP contribution in [-0.2, 0) is 38.4 Å². The van der Waals surface area contributed by atoms with Crippen LogP contribution >= 0.6 is 23.1 Å². The summed E-state index contributed by atoms with van der Waals surface area (Å²) < 4.78 is 0.460. The number of ketones is 2. The van der Waals surface area contributed by atoms with Gasteiger partial charge in [0.05, 0.1) is 43.8 Å². The normalized spacial score (nSPS) is 26.2. The molecule has 1 aromatic heterocycles. The van der Waals surface area contributed by atoms with E-state index in [1.54, 1.807) is 0 Å². The molecule has 1 aromatic rings. The number of carbonyl (C=O) groups is 7. The third-order valence-electron chi connectivity index (χ3n) is 9.65. The number of thiazole rings is 1. The number of oxime groups is 1. The molecule has 272 valence electrons. The molecular formula is C30H33N8NaO11S2. The maximum Gasteiger partial charge on any atom is 1.00 e. The Hall–Kier alpha value is -3.86.